The first-order chi connectivity index (χ1) is 9.90. The van der Waals surface area contributed by atoms with Crippen molar-refractivity contribution in [3.05, 3.63) is 62.1 Å². The SMILES string of the molecule is Cc1cccc(NC(=O)c2cc([N+](=O)[O-])ccc2N)c1Br. The summed E-state index contributed by atoms with van der Waals surface area (Å²) in [7, 11) is 0. The second kappa shape index (κ2) is 5.92. The van der Waals surface area contributed by atoms with Crippen LogP contribution in [0.15, 0.2) is 40.9 Å². The molecular formula is C14H12BrN3O3. The average molecular weight is 350 g/mol. The summed E-state index contributed by atoms with van der Waals surface area (Å²) in [6, 6.07) is 9.18. The topological polar surface area (TPSA) is 98.3 Å². The second-order valence-electron chi connectivity index (χ2n) is 4.42. The standard InChI is InChI=1S/C14H12BrN3O3/c1-8-3-2-4-12(13(8)15)17-14(19)10-7-9(18(20)21)5-6-11(10)16/h2-7H,16H2,1H3,(H,17,19). The third-order valence-electron chi connectivity index (χ3n) is 2.93. The van der Waals surface area contributed by atoms with Crippen LogP contribution in [0.25, 0.3) is 0 Å². The maximum absolute atomic E-state index is 12.2. The van der Waals surface area contributed by atoms with E-state index < -0.39 is 10.8 Å². The Kier molecular flexibility index (Phi) is 4.23. The number of carbonyl (C=O) groups excluding carboxylic acids is 1. The van der Waals surface area contributed by atoms with Crippen LogP contribution in [0.2, 0.25) is 0 Å². The van der Waals surface area contributed by atoms with Gasteiger partial charge in [-0.1, -0.05) is 12.1 Å². The number of anilines is 2. The normalized spacial score (nSPS) is 10.2. The van der Waals surface area contributed by atoms with Crippen LogP contribution in [-0.2, 0) is 0 Å². The van der Waals surface area contributed by atoms with Crippen molar-refractivity contribution >= 4 is 38.9 Å². The van der Waals surface area contributed by atoms with Crippen LogP contribution in [0, 0.1) is 17.0 Å². The minimum absolute atomic E-state index is 0.0672. The number of rotatable bonds is 3. The molecule has 3 N–H and O–H groups in total. The van der Waals surface area contributed by atoms with Gasteiger partial charge in [0.2, 0.25) is 0 Å². The number of nitrogens with two attached hydrogens (primary N) is 1. The summed E-state index contributed by atoms with van der Waals surface area (Å²) < 4.78 is 0.752. The highest BCUT2D eigenvalue weighted by molar-refractivity contribution is 9.10. The van der Waals surface area contributed by atoms with E-state index in [-0.39, 0.29) is 16.9 Å². The molecule has 0 aliphatic heterocycles. The Hall–Kier alpha value is -2.41. The van der Waals surface area contributed by atoms with Gasteiger partial charge in [-0.05, 0) is 40.5 Å². The van der Waals surface area contributed by atoms with Crippen molar-refractivity contribution in [3.8, 4) is 0 Å². The summed E-state index contributed by atoms with van der Waals surface area (Å²) in [5, 5.41) is 13.5. The smallest absolute Gasteiger partial charge is 0.270 e. The van der Waals surface area contributed by atoms with E-state index in [9.17, 15) is 14.9 Å². The van der Waals surface area contributed by atoms with Crippen molar-refractivity contribution in [1.29, 1.82) is 0 Å². The van der Waals surface area contributed by atoms with Gasteiger partial charge in [0.25, 0.3) is 11.6 Å². The maximum Gasteiger partial charge on any atom is 0.270 e. The Bertz CT molecular complexity index is 731. The average Bonchev–Trinajstić information content (AvgIpc) is 2.44. The van der Waals surface area contributed by atoms with Crippen molar-refractivity contribution in [2.75, 3.05) is 11.1 Å². The first kappa shape index (κ1) is 15.0. The van der Waals surface area contributed by atoms with Gasteiger partial charge in [-0.2, -0.15) is 0 Å². The van der Waals surface area contributed by atoms with Crippen molar-refractivity contribution in [1.82, 2.24) is 0 Å². The zero-order valence-electron chi connectivity index (χ0n) is 11.1. The van der Waals surface area contributed by atoms with E-state index >= 15 is 0 Å². The lowest BCUT2D eigenvalue weighted by Gasteiger charge is -2.10. The number of halogens is 1. The molecular weight excluding hydrogens is 338 g/mol. The number of hydrogen-bond acceptors (Lipinski definition) is 4. The Morgan fingerprint density at radius 1 is 1.33 bits per heavy atom. The van der Waals surface area contributed by atoms with E-state index in [1.54, 1.807) is 12.1 Å². The van der Waals surface area contributed by atoms with Crippen LogP contribution in [0.5, 0.6) is 0 Å². The molecule has 0 fully saturated rings. The van der Waals surface area contributed by atoms with Gasteiger partial charge in [0.1, 0.15) is 0 Å². The predicted molar refractivity (Wildman–Crippen MR) is 84.3 cm³/mol. The van der Waals surface area contributed by atoms with Crippen molar-refractivity contribution in [2.24, 2.45) is 0 Å². The monoisotopic (exact) mass is 349 g/mol. The Balaban J connectivity index is 2.34. The highest BCUT2D eigenvalue weighted by atomic mass is 79.9. The van der Waals surface area contributed by atoms with Gasteiger partial charge in [-0.15, -0.1) is 0 Å². The predicted octanol–water partition coefficient (Wildman–Crippen LogP) is 3.50. The molecule has 2 rings (SSSR count). The molecule has 0 saturated heterocycles. The molecule has 2 aromatic rings. The van der Waals surface area contributed by atoms with E-state index in [4.69, 9.17) is 5.73 Å². The van der Waals surface area contributed by atoms with Crippen molar-refractivity contribution in [2.45, 2.75) is 6.92 Å². The zero-order valence-corrected chi connectivity index (χ0v) is 12.7. The molecule has 0 saturated carbocycles. The van der Waals surface area contributed by atoms with Crippen LogP contribution in [0.4, 0.5) is 17.1 Å². The molecule has 0 unspecified atom stereocenters. The molecule has 0 radical (unpaired) electrons. The van der Waals surface area contributed by atoms with Gasteiger partial charge in [-0.25, -0.2) is 0 Å². The molecule has 0 aromatic heterocycles. The number of hydrogen-bond donors (Lipinski definition) is 2. The molecule has 0 bridgehead atoms. The number of nitrogens with zero attached hydrogens (tertiary/aromatic N) is 1. The number of nitrogens with one attached hydrogen (secondary N) is 1. The van der Waals surface area contributed by atoms with Crippen LogP contribution in [0.3, 0.4) is 0 Å². The summed E-state index contributed by atoms with van der Waals surface area (Å²) in [5.74, 6) is -0.498. The van der Waals surface area contributed by atoms with Crippen LogP contribution in [0.1, 0.15) is 15.9 Å². The molecule has 2 aromatic carbocycles. The molecule has 108 valence electrons. The van der Waals surface area contributed by atoms with Crippen LogP contribution >= 0.6 is 15.9 Å². The molecule has 1 amide bonds. The Labute approximate surface area is 129 Å². The fourth-order valence-corrected chi connectivity index (χ4v) is 2.15. The van der Waals surface area contributed by atoms with E-state index in [1.165, 1.54) is 12.1 Å². The highest BCUT2D eigenvalue weighted by Gasteiger charge is 2.16. The molecule has 0 aliphatic carbocycles. The first-order valence-electron chi connectivity index (χ1n) is 6.00. The first-order valence-corrected chi connectivity index (χ1v) is 6.80. The molecule has 0 spiro atoms. The number of aryl methyl sites for hydroxylation is 1. The van der Waals surface area contributed by atoms with E-state index in [0.29, 0.717) is 5.69 Å². The lowest BCUT2D eigenvalue weighted by molar-refractivity contribution is -0.384. The number of amides is 1. The summed E-state index contributed by atoms with van der Waals surface area (Å²) >= 11 is 3.38. The van der Waals surface area contributed by atoms with Crippen molar-refractivity contribution in [3.63, 3.8) is 0 Å². The molecule has 6 nitrogen and oxygen atoms in total. The maximum atomic E-state index is 12.2. The Morgan fingerprint density at radius 3 is 2.71 bits per heavy atom. The second-order valence-corrected chi connectivity index (χ2v) is 5.21. The van der Waals surface area contributed by atoms with Gasteiger partial charge in [0.05, 0.1) is 16.2 Å². The van der Waals surface area contributed by atoms with Gasteiger partial charge in [-0.3, -0.25) is 14.9 Å². The zero-order chi connectivity index (χ0) is 15.6. The number of nitrogen functional groups attached to an aromatic ring is 1. The number of carbonyl (C=O) groups is 1. The third kappa shape index (κ3) is 3.19. The lowest BCUT2D eigenvalue weighted by Crippen LogP contribution is -2.15. The summed E-state index contributed by atoms with van der Waals surface area (Å²) in [6.45, 7) is 1.89. The number of nitro benzene ring substituents is 1. The van der Waals surface area contributed by atoms with Gasteiger partial charge in [0.15, 0.2) is 0 Å². The highest BCUT2D eigenvalue weighted by Crippen LogP contribution is 2.27. The number of nitro groups is 1. The van der Waals surface area contributed by atoms with Crippen molar-refractivity contribution < 1.29 is 9.72 Å². The third-order valence-corrected chi connectivity index (χ3v) is 3.98. The summed E-state index contributed by atoms with van der Waals surface area (Å²) in [6.07, 6.45) is 0. The fraction of sp³-hybridized carbons (Fsp3) is 0.0714. The van der Waals surface area contributed by atoms with E-state index in [0.717, 1.165) is 16.1 Å². The molecule has 0 aliphatic rings. The summed E-state index contributed by atoms with van der Waals surface area (Å²) in [4.78, 5) is 22.4. The molecule has 0 heterocycles. The van der Waals surface area contributed by atoms with Gasteiger partial charge < -0.3 is 11.1 Å². The molecule has 7 heteroatoms. The minimum atomic E-state index is -0.571. The Morgan fingerprint density at radius 2 is 2.05 bits per heavy atom. The molecule has 21 heavy (non-hydrogen) atoms. The molecule has 0 atom stereocenters. The fourth-order valence-electron chi connectivity index (χ4n) is 1.79. The quantitative estimate of drug-likeness (QED) is 0.503. The van der Waals surface area contributed by atoms with Crippen LogP contribution in [-0.4, -0.2) is 10.8 Å². The van der Waals surface area contributed by atoms with E-state index in [2.05, 4.69) is 21.2 Å². The number of benzene rings is 2. The van der Waals surface area contributed by atoms with Gasteiger partial charge >= 0.3 is 0 Å². The largest absolute Gasteiger partial charge is 0.398 e. The van der Waals surface area contributed by atoms with Crippen LogP contribution < -0.4 is 11.1 Å². The summed E-state index contributed by atoms with van der Waals surface area (Å²) in [5.41, 5.74) is 7.32. The van der Waals surface area contributed by atoms with E-state index in [1.807, 2.05) is 13.0 Å². The lowest BCUT2D eigenvalue weighted by atomic mass is 10.1. The number of non-ortho nitro benzene ring substituents is 1. The van der Waals surface area contributed by atoms with Gasteiger partial charge in [0, 0.05) is 22.3 Å². The minimum Gasteiger partial charge on any atom is -0.398 e.